The van der Waals surface area contributed by atoms with Gasteiger partial charge >= 0.3 is 0 Å². The van der Waals surface area contributed by atoms with Crippen molar-refractivity contribution in [1.29, 1.82) is 0 Å². The van der Waals surface area contributed by atoms with Crippen molar-refractivity contribution >= 4 is 15.9 Å². The second kappa shape index (κ2) is 3.67. The van der Waals surface area contributed by atoms with Crippen LogP contribution in [0.25, 0.3) is 0 Å². The Kier molecular flexibility index (Phi) is 2.67. The standard InChI is InChI=1S/C12H15BrO/c1-12(2)11(13)8-10(14-12)9-6-4-3-5-7-9/h3-7,10-11H,8H2,1-2H3/t10-,11-/m1/s1. The fraction of sp³-hybridized carbons (Fsp3) is 0.500. The monoisotopic (exact) mass is 254 g/mol. The van der Waals surface area contributed by atoms with Crippen LogP contribution < -0.4 is 0 Å². The van der Waals surface area contributed by atoms with Gasteiger partial charge in [-0.15, -0.1) is 0 Å². The van der Waals surface area contributed by atoms with E-state index in [0.717, 1.165) is 6.42 Å². The minimum atomic E-state index is -0.0551. The Labute approximate surface area is 93.6 Å². The van der Waals surface area contributed by atoms with Gasteiger partial charge in [0, 0.05) is 4.83 Å². The number of alkyl halides is 1. The van der Waals surface area contributed by atoms with Crippen molar-refractivity contribution in [2.24, 2.45) is 0 Å². The molecule has 1 aliphatic rings. The van der Waals surface area contributed by atoms with Gasteiger partial charge in [-0.1, -0.05) is 46.3 Å². The van der Waals surface area contributed by atoms with E-state index in [-0.39, 0.29) is 11.7 Å². The van der Waals surface area contributed by atoms with Crippen molar-refractivity contribution in [3.63, 3.8) is 0 Å². The number of hydrogen-bond donors (Lipinski definition) is 0. The maximum atomic E-state index is 6.00. The molecule has 2 rings (SSSR count). The van der Waals surface area contributed by atoms with Crippen LogP contribution in [0, 0.1) is 0 Å². The second-order valence-electron chi connectivity index (χ2n) is 4.32. The van der Waals surface area contributed by atoms with Crippen molar-refractivity contribution in [3.8, 4) is 0 Å². The Hall–Kier alpha value is -0.340. The predicted octanol–water partition coefficient (Wildman–Crippen LogP) is 3.69. The van der Waals surface area contributed by atoms with Crippen LogP contribution in [-0.2, 0) is 4.74 Å². The molecule has 2 atom stereocenters. The van der Waals surface area contributed by atoms with Crippen molar-refractivity contribution in [1.82, 2.24) is 0 Å². The first-order valence-corrected chi connectivity index (χ1v) is 5.88. The lowest BCUT2D eigenvalue weighted by Gasteiger charge is -2.22. The molecule has 0 radical (unpaired) electrons. The largest absolute Gasteiger partial charge is 0.366 e. The third kappa shape index (κ3) is 1.86. The summed E-state index contributed by atoms with van der Waals surface area (Å²) >= 11 is 3.67. The fourth-order valence-corrected chi connectivity index (χ4v) is 2.28. The van der Waals surface area contributed by atoms with Gasteiger partial charge in [-0.3, -0.25) is 0 Å². The summed E-state index contributed by atoms with van der Waals surface area (Å²) in [5.74, 6) is 0. The molecule has 1 fully saturated rings. The molecule has 1 aromatic rings. The zero-order valence-corrected chi connectivity index (χ0v) is 10.1. The number of rotatable bonds is 1. The number of ether oxygens (including phenoxy) is 1. The van der Waals surface area contributed by atoms with Gasteiger partial charge in [0.1, 0.15) is 0 Å². The molecule has 0 bridgehead atoms. The molecule has 0 aliphatic carbocycles. The average molecular weight is 255 g/mol. The van der Waals surface area contributed by atoms with E-state index in [0.29, 0.717) is 4.83 Å². The highest BCUT2D eigenvalue weighted by molar-refractivity contribution is 9.09. The highest BCUT2D eigenvalue weighted by Gasteiger charge is 2.40. The van der Waals surface area contributed by atoms with Crippen LogP contribution in [0.2, 0.25) is 0 Å². The number of benzene rings is 1. The van der Waals surface area contributed by atoms with Gasteiger partial charge in [0.15, 0.2) is 0 Å². The van der Waals surface area contributed by atoms with Crippen molar-refractivity contribution < 1.29 is 4.74 Å². The minimum absolute atomic E-state index is 0.0551. The van der Waals surface area contributed by atoms with Crippen LogP contribution in [0.5, 0.6) is 0 Å². The third-order valence-corrected chi connectivity index (χ3v) is 4.27. The van der Waals surface area contributed by atoms with Crippen LogP contribution in [-0.4, -0.2) is 10.4 Å². The molecule has 0 unspecified atom stereocenters. The molecule has 0 amide bonds. The Morgan fingerprint density at radius 1 is 1.29 bits per heavy atom. The van der Waals surface area contributed by atoms with Gasteiger partial charge < -0.3 is 4.74 Å². The molecule has 1 nitrogen and oxygen atoms in total. The van der Waals surface area contributed by atoms with E-state index in [1.54, 1.807) is 0 Å². The molecule has 0 saturated carbocycles. The normalized spacial score (nSPS) is 30.5. The summed E-state index contributed by atoms with van der Waals surface area (Å²) in [4.78, 5) is 0.445. The topological polar surface area (TPSA) is 9.23 Å². The summed E-state index contributed by atoms with van der Waals surface area (Å²) < 4.78 is 6.00. The molecule has 0 N–H and O–H groups in total. The van der Waals surface area contributed by atoms with Gasteiger partial charge in [-0.2, -0.15) is 0 Å². The number of halogens is 1. The number of hydrogen-bond acceptors (Lipinski definition) is 1. The summed E-state index contributed by atoms with van der Waals surface area (Å²) in [5.41, 5.74) is 1.23. The van der Waals surface area contributed by atoms with Gasteiger partial charge in [0.2, 0.25) is 0 Å². The van der Waals surface area contributed by atoms with Crippen molar-refractivity contribution in [2.75, 3.05) is 0 Å². The van der Waals surface area contributed by atoms with E-state index in [9.17, 15) is 0 Å². The molecule has 1 aliphatic heterocycles. The summed E-state index contributed by atoms with van der Waals surface area (Å²) in [7, 11) is 0. The van der Waals surface area contributed by atoms with Gasteiger partial charge in [0.25, 0.3) is 0 Å². The van der Waals surface area contributed by atoms with E-state index < -0.39 is 0 Å². The summed E-state index contributed by atoms with van der Waals surface area (Å²) in [6, 6.07) is 10.4. The Balaban J connectivity index is 2.17. The molecule has 0 aromatic heterocycles. The molecule has 0 spiro atoms. The summed E-state index contributed by atoms with van der Waals surface area (Å²) in [5, 5.41) is 0. The third-order valence-electron chi connectivity index (χ3n) is 2.79. The van der Waals surface area contributed by atoms with Crippen LogP contribution in [0.4, 0.5) is 0 Å². The van der Waals surface area contributed by atoms with Crippen LogP contribution in [0.1, 0.15) is 31.9 Å². The first-order valence-electron chi connectivity index (χ1n) is 4.96. The minimum Gasteiger partial charge on any atom is -0.366 e. The molecular weight excluding hydrogens is 240 g/mol. The lowest BCUT2D eigenvalue weighted by atomic mass is 10.0. The molecule has 14 heavy (non-hydrogen) atoms. The summed E-state index contributed by atoms with van der Waals surface area (Å²) in [6.45, 7) is 4.27. The Bertz CT molecular complexity index is 307. The smallest absolute Gasteiger partial charge is 0.0844 e. The van der Waals surface area contributed by atoms with E-state index in [2.05, 4.69) is 54.0 Å². The molecule has 76 valence electrons. The van der Waals surface area contributed by atoms with E-state index in [1.165, 1.54) is 5.56 Å². The zero-order valence-electron chi connectivity index (χ0n) is 8.53. The molecule has 1 saturated heterocycles. The first-order chi connectivity index (χ1) is 6.59. The van der Waals surface area contributed by atoms with Crippen molar-refractivity contribution in [3.05, 3.63) is 35.9 Å². The highest BCUT2D eigenvalue weighted by atomic mass is 79.9. The first kappa shape index (κ1) is 10.2. The molecule has 1 heterocycles. The second-order valence-corrected chi connectivity index (χ2v) is 5.43. The zero-order chi connectivity index (χ0) is 10.2. The molecule has 1 aromatic carbocycles. The Morgan fingerprint density at radius 2 is 1.93 bits per heavy atom. The van der Waals surface area contributed by atoms with Gasteiger partial charge in [0.05, 0.1) is 11.7 Å². The van der Waals surface area contributed by atoms with Crippen LogP contribution in [0.3, 0.4) is 0 Å². The molecular formula is C12H15BrO. The maximum Gasteiger partial charge on any atom is 0.0844 e. The lowest BCUT2D eigenvalue weighted by molar-refractivity contribution is -0.0140. The van der Waals surface area contributed by atoms with E-state index in [4.69, 9.17) is 4.74 Å². The fourth-order valence-electron chi connectivity index (χ4n) is 1.83. The van der Waals surface area contributed by atoms with Gasteiger partial charge in [-0.05, 0) is 25.8 Å². The lowest BCUT2D eigenvalue weighted by Crippen LogP contribution is -2.27. The van der Waals surface area contributed by atoms with Crippen molar-refractivity contribution in [2.45, 2.75) is 36.8 Å². The average Bonchev–Trinajstić information content (AvgIpc) is 2.43. The van der Waals surface area contributed by atoms with E-state index in [1.807, 2.05) is 6.07 Å². The highest BCUT2D eigenvalue weighted by Crippen LogP contribution is 2.42. The molecule has 2 heteroatoms. The van der Waals surface area contributed by atoms with Gasteiger partial charge in [-0.25, -0.2) is 0 Å². The van der Waals surface area contributed by atoms with Crippen LogP contribution in [0.15, 0.2) is 30.3 Å². The Morgan fingerprint density at radius 3 is 2.43 bits per heavy atom. The van der Waals surface area contributed by atoms with Crippen LogP contribution >= 0.6 is 15.9 Å². The SMILES string of the molecule is CC1(C)O[C@@H](c2ccccc2)C[C@H]1Br. The predicted molar refractivity (Wildman–Crippen MR) is 61.7 cm³/mol. The summed E-state index contributed by atoms with van der Waals surface area (Å²) in [6.07, 6.45) is 1.30. The maximum absolute atomic E-state index is 6.00. The quantitative estimate of drug-likeness (QED) is 0.695. The van der Waals surface area contributed by atoms with E-state index >= 15 is 0 Å².